The molecule has 0 amide bonds. The van der Waals surface area contributed by atoms with Gasteiger partial charge in [0.05, 0.1) is 0 Å². The summed E-state index contributed by atoms with van der Waals surface area (Å²) in [5.74, 6) is 0. The number of halogens is 1. The van der Waals surface area contributed by atoms with E-state index < -0.39 is 6.17 Å². The molecule has 2 heteroatoms. The number of hydrogen-bond acceptors (Lipinski definition) is 1. The average Bonchev–Trinajstić information content (AvgIpc) is 2.43. The molecule has 18 heavy (non-hydrogen) atoms. The number of hydrogen-bond donors (Lipinski definition) is 1. The van der Waals surface area contributed by atoms with Gasteiger partial charge in [0.15, 0.2) is 0 Å². The third kappa shape index (κ3) is 5.11. The Morgan fingerprint density at radius 3 is 2.61 bits per heavy atom. The van der Waals surface area contributed by atoms with Crippen LogP contribution in [0.15, 0.2) is 67.3 Å². The van der Waals surface area contributed by atoms with Crippen LogP contribution in [0, 0.1) is 0 Å². The second-order valence-corrected chi connectivity index (χ2v) is 4.03. The Morgan fingerprint density at radius 1 is 1.28 bits per heavy atom. The van der Waals surface area contributed by atoms with E-state index in [2.05, 4.69) is 18.5 Å². The van der Waals surface area contributed by atoms with Crippen LogP contribution in [0.4, 0.5) is 4.39 Å². The molecule has 0 radical (unpaired) electrons. The Kier molecular flexibility index (Phi) is 6.74. The Hall–Kier alpha value is -1.67. The van der Waals surface area contributed by atoms with E-state index in [1.54, 1.807) is 12.2 Å². The van der Waals surface area contributed by atoms with Crippen molar-refractivity contribution in [3.63, 3.8) is 0 Å². The first kappa shape index (κ1) is 14.4. The summed E-state index contributed by atoms with van der Waals surface area (Å²) in [6.07, 6.45) is 4.96. The summed E-state index contributed by atoms with van der Waals surface area (Å²) in [6, 6.07) is 9.25. The molecule has 1 aromatic rings. The fourth-order valence-corrected chi connectivity index (χ4v) is 1.64. The van der Waals surface area contributed by atoms with Gasteiger partial charge in [-0.3, -0.25) is 0 Å². The maximum absolute atomic E-state index is 13.8. The largest absolute Gasteiger partial charge is 0.313 e. The van der Waals surface area contributed by atoms with Gasteiger partial charge in [0, 0.05) is 6.54 Å². The molecule has 1 rings (SSSR count). The molecule has 0 aliphatic carbocycles. The lowest BCUT2D eigenvalue weighted by molar-refractivity contribution is 0.320. The molecule has 1 aromatic carbocycles. The first-order valence-electron chi connectivity index (χ1n) is 6.11. The van der Waals surface area contributed by atoms with Gasteiger partial charge in [-0.2, -0.15) is 0 Å². The van der Waals surface area contributed by atoms with Gasteiger partial charge in [-0.05, 0) is 24.1 Å². The summed E-state index contributed by atoms with van der Waals surface area (Å²) < 4.78 is 13.8. The van der Waals surface area contributed by atoms with Gasteiger partial charge in [-0.25, -0.2) is 4.39 Å². The fourth-order valence-electron chi connectivity index (χ4n) is 1.64. The first-order chi connectivity index (χ1) is 8.77. The van der Waals surface area contributed by atoms with Crippen LogP contribution in [0.2, 0.25) is 0 Å². The van der Waals surface area contributed by atoms with Crippen molar-refractivity contribution in [2.45, 2.75) is 12.6 Å². The molecule has 0 saturated carbocycles. The highest BCUT2D eigenvalue weighted by molar-refractivity contribution is 5.22. The molecule has 0 bridgehead atoms. The Bertz CT molecular complexity index is 395. The van der Waals surface area contributed by atoms with E-state index in [4.69, 9.17) is 0 Å². The summed E-state index contributed by atoms with van der Waals surface area (Å²) in [7, 11) is 0. The van der Waals surface area contributed by atoms with Crippen LogP contribution < -0.4 is 5.32 Å². The maximum Gasteiger partial charge on any atom is 0.126 e. The molecule has 0 aliphatic heterocycles. The second kappa shape index (κ2) is 8.43. The molecule has 0 heterocycles. The lowest BCUT2D eigenvalue weighted by atomic mass is 10.1. The number of rotatable bonds is 8. The van der Waals surface area contributed by atoms with Gasteiger partial charge in [0.1, 0.15) is 6.17 Å². The van der Waals surface area contributed by atoms with E-state index in [0.29, 0.717) is 19.5 Å². The predicted octanol–water partition coefficient (Wildman–Crippen LogP) is 3.98. The SMILES string of the molecule is C=C/C=C(\C=C)CNCCC(F)c1ccccc1. The van der Waals surface area contributed by atoms with E-state index >= 15 is 0 Å². The Morgan fingerprint density at radius 2 is 2.00 bits per heavy atom. The van der Waals surface area contributed by atoms with Crippen molar-refractivity contribution in [2.24, 2.45) is 0 Å². The normalized spacial score (nSPS) is 13.1. The van der Waals surface area contributed by atoms with E-state index in [-0.39, 0.29) is 0 Å². The van der Waals surface area contributed by atoms with Gasteiger partial charge in [0.2, 0.25) is 0 Å². The zero-order valence-corrected chi connectivity index (χ0v) is 10.6. The van der Waals surface area contributed by atoms with Crippen LogP contribution in [0.3, 0.4) is 0 Å². The summed E-state index contributed by atoms with van der Waals surface area (Å²) in [5.41, 5.74) is 1.80. The zero-order valence-electron chi connectivity index (χ0n) is 10.6. The van der Waals surface area contributed by atoms with Crippen LogP contribution >= 0.6 is 0 Å². The maximum atomic E-state index is 13.8. The highest BCUT2D eigenvalue weighted by Crippen LogP contribution is 2.19. The molecule has 1 nitrogen and oxygen atoms in total. The third-order valence-corrected chi connectivity index (χ3v) is 2.66. The standard InChI is InChI=1S/C16H20FN/c1-3-8-14(4-2)13-18-12-11-16(17)15-9-6-5-7-10-15/h3-10,16,18H,1-2,11-13H2/b14-8+. The number of allylic oxidation sites excluding steroid dienone is 2. The Labute approximate surface area is 109 Å². The van der Waals surface area contributed by atoms with E-state index in [1.807, 2.05) is 36.4 Å². The predicted molar refractivity (Wildman–Crippen MR) is 76.3 cm³/mol. The van der Waals surface area contributed by atoms with Crippen LogP contribution in [-0.2, 0) is 0 Å². The molecular weight excluding hydrogens is 225 g/mol. The quantitative estimate of drug-likeness (QED) is 0.539. The lowest BCUT2D eigenvalue weighted by Crippen LogP contribution is -2.19. The smallest absolute Gasteiger partial charge is 0.126 e. The minimum Gasteiger partial charge on any atom is -0.313 e. The zero-order chi connectivity index (χ0) is 13.2. The molecule has 0 aliphatic rings. The Balaban J connectivity index is 2.28. The first-order valence-corrected chi connectivity index (χ1v) is 6.11. The van der Waals surface area contributed by atoms with Gasteiger partial charge in [-0.1, -0.05) is 61.7 Å². The molecule has 0 fully saturated rings. The third-order valence-electron chi connectivity index (χ3n) is 2.66. The van der Waals surface area contributed by atoms with Crippen molar-refractivity contribution in [1.82, 2.24) is 5.32 Å². The van der Waals surface area contributed by atoms with E-state index in [1.165, 1.54) is 0 Å². The van der Waals surface area contributed by atoms with Gasteiger partial charge in [0.25, 0.3) is 0 Å². The lowest BCUT2D eigenvalue weighted by Gasteiger charge is -2.09. The number of alkyl halides is 1. The summed E-state index contributed by atoms with van der Waals surface area (Å²) in [5, 5.41) is 3.19. The van der Waals surface area contributed by atoms with Gasteiger partial charge < -0.3 is 5.32 Å². The number of nitrogens with one attached hydrogen (secondary N) is 1. The fraction of sp³-hybridized carbons (Fsp3) is 0.250. The van der Waals surface area contributed by atoms with Crippen LogP contribution in [0.1, 0.15) is 18.2 Å². The topological polar surface area (TPSA) is 12.0 Å². The summed E-state index contributed by atoms with van der Waals surface area (Å²) >= 11 is 0. The highest BCUT2D eigenvalue weighted by atomic mass is 19.1. The van der Waals surface area contributed by atoms with Crippen molar-refractivity contribution >= 4 is 0 Å². The van der Waals surface area contributed by atoms with E-state index in [0.717, 1.165) is 11.1 Å². The van der Waals surface area contributed by atoms with E-state index in [9.17, 15) is 4.39 Å². The molecule has 1 atom stereocenters. The van der Waals surface area contributed by atoms with Crippen LogP contribution in [0.5, 0.6) is 0 Å². The second-order valence-electron chi connectivity index (χ2n) is 4.03. The molecule has 96 valence electrons. The summed E-state index contributed by atoms with van der Waals surface area (Å²) in [6.45, 7) is 8.67. The van der Waals surface area contributed by atoms with Crippen molar-refractivity contribution in [2.75, 3.05) is 13.1 Å². The molecular formula is C16H20FN. The molecule has 1 N–H and O–H groups in total. The number of benzene rings is 1. The molecule has 0 spiro atoms. The molecule has 1 unspecified atom stereocenters. The average molecular weight is 245 g/mol. The van der Waals surface area contributed by atoms with Crippen molar-refractivity contribution < 1.29 is 4.39 Å². The van der Waals surface area contributed by atoms with Gasteiger partial charge >= 0.3 is 0 Å². The van der Waals surface area contributed by atoms with Crippen molar-refractivity contribution in [3.8, 4) is 0 Å². The van der Waals surface area contributed by atoms with Crippen LogP contribution in [-0.4, -0.2) is 13.1 Å². The minimum atomic E-state index is -0.908. The monoisotopic (exact) mass is 245 g/mol. The molecule has 0 aromatic heterocycles. The van der Waals surface area contributed by atoms with Crippen molar-refractivity contribution in [3.05, 3.63) is 72.9 Å². The van der Waals surface area contributed by atoms with Crippen molar-refractivity contribution in [1.29, 1.82) is 0 Å². The minimum absolute atomic E-state index is 0.475. The highest BCUT2D eigenvalue weighted by Gasteiger charge is 2.07. The summed E-state index contributed by atoms with van der Waals surface area (Å²) in [4.78, 5) is 0. The molecule has 0 saturated heterocycles. The van der Waals surface area contributed by atoms with Crippen LogP contribution in [0.25, 0.3) is 0 Å². The van der Waals surface area contributed by atoms with Gasteiger partial charge in [-0.15, -0.1) is 0 Å².